The number of aliphatic hydroxyl groups excluding tert-OH is 1. The zero-order valence-electron chi connectivity index (χ0n) is 15.4. The number of nitrogens with one attached hydrogen (secondary N) is 3. The lowest BCUT2D eigenvalue weighted by atomic mass is 10.0. The van der Waals surface area contributed by atoms with Crippen molar-refractivity contribution >= 4 is 23.1 Å². The number of hydrogen-bond donors (Lipinski definition) is 4. The van der Waals surface area contributed by atoms with Gasteiger partial charge in [-0.3, -0.25) is 0 Å². The number of hydrogen-bond acceptors (Lipinski definition) is 6. The lowest BCUT2D eigenvalue weighted by Gasteiger charge is -2.09. The Hall–Kier alpha value is -2.80. The molecular weight excluding hydrogens is 376 g/mol. The highest BCUT2D eigenvalue weighted by molar-refractivity contribution is 6.33. The first-order chi connectivity index (χ1) is 13.6. The van der Waals surface area contributed by atoms with Gasteiger partial charge in [0.1, 0.15) is 12.4 Å². The van der Waals surface area contributed by atoms with Crippen LogP contribution in [0.3, 0.4) is 0 Å². The van der Waals surface area contributed by atoms with E-state index in [-0.39, 0.29) is 0 Å². The third-order valence-corrected chi connectivity index (χ3v) is 4.80. The van der Waals surface area contributed by atoms with Gasteiger partial charge >= 0.3 is 0 Å². The maximum absolute atomic E-state index is 9.63. The first-order valence-corrected chi connectivity index (χ1v) is 9.42. The van der Waals surface area contributed by atoms with Crippen LogP contribution in [0.15, 0.2) is 54.6 Å². The van der Waals surface area contributed by atoms with Crippen molar-refractivity contribution in [3.05, 3.63) is 59.6 Å². The number of aromatic nitrogens is 1. The normalized spacial score (nSPS) is 14.9. The van der Waals surface area contributed by atoms with E-state index in [0.29, 0.717) is 28.8 Å². The number of ether oxygens (including phenoxy) is 1. The van der Waals surface area contributed by atoms with Crippen LogP contribution in [0, 0.1) is 0 Å². The molecule has 7 heteroatoms. The van der Waals surface area contributed by atoms with Gasteiger partial charge in [0.2, 0.25) is 6.35 Å². The van der Waals surface area contributed by atoms with Crippen LogP contribution in [0.5, 0.6) is 5.75 Å². The third-order valence-electron chi connectivity index (χ3n) is 4.51. The predicted molar refractivity (Wildman–Crippen MR) is 113 cm³/mol. The molecular formula is C21H21ClN4O2. The van der Waals surface area contributed by atoms with E-state index >= 15 is 0 Å². The lowest BCUT2D eigenvalue weighted by molar-refractivity contribution is 0.238. The molecule has 0 bridgehead atoms. The van der Waals surface area contributed by atoms with Crippen LogP contribution in [0.25, 0.3) is 22.4 Å². The number of rotatable bonds is 6. The Balaban J connectivity index is 1.52. The summed E-state index contributed by atoms with van der Waals surface area (Å²) in [7, 11) is 1.90. The van der Waals surface area contributed by atoms with Gasteiger partial charge in [-0.25, -0.2) is 4.98 Å². The smallest absolute Gasteiger partial charge is 0.204 e. The molecule has 0 fully saturated rings. The molecule has 144 valence electrons. The summed E-state index contributed by atoms with van der Waals surface area (Å²) in [6, 6.07) is 17.9. The lowest BCUT2D eigenvalue weighted by Crippen LogP contribution is -2.20. The molecule has 4 N–H and O–H groups in total. The number of anilines is 2. The zero-order valence-corrected chi connectivity index (χ0v) is 16.1. The molecule has 0 radical (unpaired) electrons. The Morgan fingerprint density at radius 3 is 2.36 bits per heavy atom. The first kappa shape index (κ1) is 18.6. The summed E-state index contributed by atoms with van der Waals surface area (Å²) in [5.41, 5.74) is 4.47. The minimum atomic E-state index is -0.846. The number of pyridine rings is 1. The summed E-state index contributed by atoms with van der Waals surface area (Å²) in [4.78, 5) is 4.54. The van der Waals surface area contributed by atoms with E-state index in [4.69, 9.17) is 16.3 Å². The van der Waals surface area contributed by atoms with Crippen molar-refractivity contribution in [2.24, 2.45) is 0 Å². The molecule has 1 aliphatic rings. The van der Waals surface area contributed by atoms with Crippen LogP contribution in [-0.4, -0.2) is 36.6 Å². The van der Waals surface area contributed by atoms with Crippen LogP contribution < -0.4 is 20.7 Å². The van der Waals surface area contributed by atoms with Crippen molar-refractivity contribution in [2.45, 2.75) is 6.35 Å². The average Bonchev–Trinajstić information content (AvgIpc) is 3.07. The zero-order chi connectivity index (χ0) is 19.5. The van der Waals surface area contributed by atoms with Gasteiger partial charge in [0.15, 0.2) is 5.82 Å². The molecule has 28 heavy (non-hydrogen) atoms. The number of fused-ring (bicyclic) bond motifs is 1. The fourth-order valence-corrected chi connectivity index (χ4v) is 3.32. The third kappa shape index (κ3) is 3.89. The average molecular weight is 397 g/mol. The molecule has 1 unspecified atom stereocenters. The molecule has 1 aliphatic heterocycles. The number of benzene rings is 2. The van der Waals surface area contributed by atoms with Crippen molar-refractivity contribution in [1.82, 2.24) is 10.3 Å². The van der Waals surface area contributed by atoms with Gasteiger partial charge in [0, 0.05) is 12.1 Å². The van der Waals surface area contributed by atoms with E-state index < -0.39 is 6.35 Å². The van der Waals surface area contributed by atoms with Crippen molar-refractivity contribution in [2.75, 3.05) is 30.8 Å². The molecule has 1 aromatic heterocycles. The molecule has 4 rings (SSSR count). The standard InChI is InChI=1S/C21H21ClN4O2/c1-23-10-11-28-16-8-6-14(7-9-16)13-2-4-15(5-3-13)19-17(22)12-18-20(25-19)26-21(27)24-18/h2-9,12,21,23-24,27H,10-11H2,1H3,(H,25,26). The van der Waals surface area contributed by atoms with Gasteiger partial charge in [-0.15, -0.1) is 0 Å². The van der Waals surface area contributed by atoms with Crippen LogP contribution in [0.2, 0.25) is 5.02 Å². The topological polar surface area (TPSA) is 78.4 Å². The molecule has 0 amide bonds. The molecule has 6 nitrogen and oxygen atoms in total. The highest BCUT2D eigenvalue weighted by Gasteiger charge is 2.21. The van der Waals surface area contributed by atoms with Gasteiger partial charge in [-0.05, 0) is 36.4 Å². The molecule has 1 atom stereocenters. The van der Waals surface area contributed by atoms with Gasteiger partial charge in [-0.1, -0.05) is 48.0 Å². The van der Waals surface area contributed by atoms with Crippen molar-refractivity contribution in [1.29, 1.82) is 0 Å². The Bertz CT molecular complexity index is 961. The van der Waals surface area contributed by atoms with Gasteiger partial charge in [0.05, 0.1) is 16.4 Å². The van der Waals surface area contributed by atoms with Crippen LogP contribution >= 0.6 is 11.6 Å². The monoisotopic (exact) mass is 396 g/mol. The summed E-state index contributed by atoms with van der Waals surface area (Å²) in [5, 5.41) is 18.9. The van der Waals surface area contributed by atoms with E-state index in [2.05, 4.69) is 20.9 Å². The van der Waals surface area contributed by atoms with Crippen molar-refractivity contribution < 1.29 is 9.84 Å². The maximum atomic E-state index is 9.63. The molecule has 0 saturated heterocycles. The van der Waals surface area contributed by atoms with Crippen LogP contribution in [0.4, 0.5) is 11.5 Å². The number of aliphatic hydroxyl groups is 1. The Morgan fingerprint density at radius 2 is 1.68 bits per heavy atom. The summed E-state index contributed by atoms with van der Waals surface area (Å²) in [6.45, 7) is 1.45. The molecule has 0 aliphatic carbocycles. The largest absolute Gasteiger partial charge is 0.492 e. The maximum Gasteiger partial charge on any atom is 0.204 e. The van der Waals surface area contributed by atoms with Crippen LogP contribution in [-0.2, 0) is 0 Å². The predicted octanol–water partition coefficient (Wildman–Crippen LogP) is 3.78. The van der Waals surface area contributed by atoms with E-state index in [0.717, 1.165) is 29.0 Å². The second kappa shape index (κ2) is 8.06. The summed E-state index contributed by atoms with van der Waals surface area (Å²) >= 11 is 6.39. The molecule has 3 aromatic rings. The van der Waals surface area contributed by atoms with E-state index in [1.807, 2.05) is 55.6 Å². The minimum absolute atomic E-state index is 0.526. The Kier molecular flexibility index (Phi) is 5.34. The Morgan fingerprint density at radius 1 is 1.04 bits per heavy atom. The second-order valence-corrected chi connectivity index (χ2v) is 6.87. The number of nitrogens with zero attached hydrogens (tertiary/aromatic N) is 1. The highest BCUT2D eigenvalue weighted by Crippen LogP contribution is 2.36. The SMILES string of the molecule is CNCCOc1ccc(-c2ccc(-c3nc4c(cc3Cl)NC(O)N4)cc2)cc1. The van der Waals surface area contributed by atoms with Gasteiger partial charge in [0.25, 0.3) is 0 Å². The summed E-state index contributed by atoms with van der Waals surface area (Å²) in [6.07, 6.45) is -0.846. The fourth-order valence-electron chi connectivity index (χ4n) is 3.06. The van der Waals surface area contributed by atoms with E-state index in [1.54, 1.807) is 6.07 Å². The van der Waals surface area contributed by atoms with Crippen LogP contribution in [0.1, 0.15) is 0 Å². The second-order valence-electron chi connectivity index (χ2n) is 6.46. The van der Waals surface area contributed by atoms with Gasteiger partial charge in [-0.2, -0.15) is 0 Å². The molecule has 2 aromatic carbocycles. The quantitative estimate of drug-likeness (QED) is 0.475. The van der Waals surface area contributed by atoms with Gasteiger partial charge < -0.3 is 25.8 Å². The molecule has 0 saturated carbocycles. The minimum Gasteiger partial charge on any atom is -0.492 e. The number of halogens is 1. The van der Waals surface area contributed by atoms with E-state index in [1.165, 1.54) is 0 Å². The summed E-state index contributed by atoms with van der Waals surface area (Å²) in [5.74, 6) is 1.44. The molecule has 2 heterocycles. The first-order valence-electron chi connectivity index (χ1n) is 9.04. The summed E-state index contributed by atoms with van der Waals surface area (Å²) < 4.78 is 5.66. The van der Waals surface area contributed by atoms with Crippen molar-refractivity contribution in [3.63, 3.8) is 0 Å². The highest BCUT2D eigenvalue weighted by atomic mass is 35.5. The van der Waals surface area contributed by atoms with Crippen molar-refractivity contribution in [3.8, 4) is 28.1 Å². The number of likely N-dealkylation sites (N-methyl/N-ethyl adjacent to an activating group) is 1. The Labute approximate surface area is 168 Å². The van der Waals surface area contributed by atoms with E-state index in [9.17, 15) is 5.11 Å². The fraction of sp³-hybridized carbons (Fsp3) is 0.190. The molecule has 0 spiro atoms.